The van der Waals surface area contributed by atoms with Gasteiger partial charge < -0.3 is 21.7 Å². The molecule has 1 saturated carbocycles. The third-order valence-electron chi connectivity index (χ3n) is 5.32. The van der Waals surface area contributed by atoms with E-state index in [0.29, 0.717) is 17.2 Å². The first-order chi connectivity index (χ1) is 12.0. The van der Waals surface area contributed by atoms with Crippen molar-refractivity contribution in [1.82, 2.24) is 10.6 Å². The fourth-order valence-corrected chi connectivity index (χ4v) is 3.92. The molecule has 2 fully saturated rings. The number of carbonyl (C=O) groups is 3. The van der Waals surface area contributed by atoms with E-state index in [2.05, 4.69) is 16.0 Å². The zero-order valence-electron chi connectivity index (χ0n) is 14.1. The van der Waals surface area contributed by atoms with Gasteiger partial charge in [-0.05, 0) is 49.6 Å². The van der Waals surface area contributed by atoms with Gasteiger partial charge in [-0.1, -0.05) is 12.8 Å². The lowest BCUT2D eigenvalue weighted by molar-refractivity contribution is -0.128. The van der Waals surface area contributed by atoms with Crippen LogP contribution in [0.1, 0.15) is 36.0 Å². The van der Waals surface area contributed by atoms with Gasteiger partial charge in [0.05, 0.1) is 12.0 Å². The Morgan fingerprint density at radius 2 is 1.96 bits per heavy atom. The van der Waals surface area contributed by atoms with Crippen molar-refractivity contribution in [2.24, 2.45) is 17.1 Å². The van der Waals surface area contributed by atoms with Crippen LogP contribution in [0.3, 0.4) is 0 Å². The Balaban J connectivity index is 1.64. The molecule has 5 N–H and O–H groups in total. The number of carbonyl (C=O) groups excluding carboxylic acids is 3. The van der Waals surface area contributed by atoms with Crippen molar-refractivity contribution in [3.05, 3.63) is 29.8 Å². The van der Waals surface area contributed by atoms with Gasteiger partial charge in [0.1, 0.15) is 0 Å². The number of nitrogens with two attached hydrogens (primary N) is 1. The number of anilines is 1. The molecule has 0 bridgehead atoms. The minimum absolute atomic E-state index is 0.0631. The van der Waals surface area contributed by atoms with Crippen LogP contribution < -0.4 is 21.7 Å². The fourth-order valence-electron chi connectivity index (χ4n) is 3.92. The number of primary amides is 1. The third kappa shape index (κ3) is 3.66. The maximum absolute atomic E-state index is 12.9. The topological polar surface area (TPSA) is 113 Å². The number of rotatable bonds is 5. The van der Waals surface area contributed by atoms with Crippen LogP contribution in [0.5, 0.6) is 0 Å². The maximum Gasteiger partial charge on any atom is 0.251 e. The lowest BCUT2D eigenvalue weighted by Gasteiger charge is -2.37. The summed E-state index contributed by atoms with van der Waals surface area (Å²) in [4.78, 5) is 35.5. The average Bonchev–Trinajstić information content (AvgIpc) is 3.05. The van der Waals surface area contributed by atoms with Gasteiger partial charge in [0.25, 0.3) is 5.91 Å². The molecule has 1 aliphatic carbocycles. The summed E-state index contributed by atoms with van der Waals surface area (Å²) in [5.74, 6) is -0.500. The smallest absolute Gasteiger partial charge is 0.251 e. The van der Waals surface area contributed by atoms with E-state index in [4.69, 9.17) is 5.73 Å². The summed E-state index contributed by atoms with van der Waals surface area (Å²) in [5.41, 5.74) is 5.78. The summed E-state index contributed by atoms with van der Waals surface area (Å²) < 4.78 is 0. The number of hydrogen-bond acceptors (Lipinski definition) is 4. The van der Waals surface area contributed by atoms with E-state index in [1.807, 2.05) is 0 Å². The lowest BCUT2D eigenvalue weighted by Crippen LogP contribution is -2.44. The second-order valence-electron chi connectivity index (χ2n) is 6.91. The molecule has 1 saturated heterocycles. The summed E-state index contributed by atoms with van der Waals surface area (Å²) in [5, 5.41) is 8.80. The summed E-state index contributed by atoms with van der Waals surface area (Å²) in [7, 11) is 0. The number of hydrogen-bond donors (Lipinski definition) is 4. The molecule has 0 radical (unpaired) electrons. The molecular weight excluding hydrogens is 320 g/mol. The highest BCUT2D eigenvalue weighted by molar-refractivity contribution is 5.98. The third-order valence-corrected chi connectivity index (χ3v) is 5.32. The number of benzene rings is 1. The second kappa shape index (κ2) is 7.23. The fraction of sp³-hybridized carbons (Fsp3) is 0.500. The largest absolute Gasteiger partial charge is 0.368 e. The monoisotopic (exact) mass is 344 g/mol. The standard InChI is InChI=1S/C18H24N4O3/c19-15(23)10-21-16(24)12-4-6-14(7-5-12)22-17(25)18-8-2-1-3-13(18)9-20-11-18/h4-7,13,20H,1-3,8-11H2,(H2,19,23)(H,21,24)(H,22,25)/t13-,18+/m0/s1. The van der Waals surface area contributed by atoms with Crippen molar-refractivity contribution in [2.45, 2.75) is 25.7 Å². The highest BCUT2D eigenvalue weighted by atomic mass is 16.2. The molecule has 1 aromatic rings. The number of fused-ring (bicyclic) bond motifs is 1. The molecule has 7 nitrogen and oxygen atoms in total. The van der Waals surface area contributed by atoms with Crippen LogP contribution in [0.15, 0.2) is 24.3 Å². The summed E-state index contributed by atoms with van der Waals surface area (Å²) in [6, 6.07) is 6.64. The van der Waals surface area contributed by atoms with Crippen molar-refractivity contribution in [3.8, 4) is 0 Å². The van der Waals surface area contributed by atoms with Gasteiger partial charge in [-0.15, -0.1) is 0 Å². The minimum Gasteiger partial charge on any atom is -0.368 e. The Morgan fingerprint density at radius 1 is 1.20 bits per heavy atom. The van der Waals surface area contributed by atoms with Gasteiger partial charge >= 0.3 is 0 Å². The zero-order chi connectivity index (χ0) is 17.9. The van der Waals surface area contributed by atoms with E-state index < -0.39 is 5.91 Å². The molecule has 2 atom stereocenters. The molecule has 25 heavy (non-hydrogen) atoms. The van der Waals surface area contributed by atoms with Crippen LogP contribution in [-0.2, 0) is 9.59 Å². The van der Waals surface area contributed by atoms with Crippen LogP contribution >= 0.6 is 0 Å². The molecule has 0 aromatic heterocycles. The van der Waals surface area contributed by atoms with Crippen LogP contribution in [0.4, 0.5) is 5.69 Å². The average molecular weight is 344 g/mol. The Morgan fingerprint density at radius 3 is 2.68 bits per heavy atom. The molecule has 2 aliphatic rings. The number of amides is 3. The zero-order valence-corrected chi connectivity index (χ0v) is 14.1. The van der Waals surface area contributed by atoms with E-state index in [1.165, 1.54) is 6.42 Å². The van der Waals surface area contributed by atoms with Gasteiger partial charge in [-0.2, -0.15) is 0 Å². The highest BCUT2D eigenvalue weighted by Gasteiger charge is 2.49. The normalized spacial score (nSPS) is 25.0. The molecule has 1 heterocycles. The highest BCUT2D eigenvalue weighted by Crippen LogP contribution is 2.44. The molecule has 1 aliphatic heterocycles. The Hall–Kier alpha value is -2.41. The van der Waals surface area contributed by atoms with Crippen molar-refractivity contribution in [1.29, 1.82) is 0 Å². The summed E-state index contributed by atoms with van der Waals surface area (Å²) in [6.45, 7) is 1.44. The molecule has 3 rings (SSSR count). The SMILES string of the molecule is NC(=O)CNC(=O)c1ccc(NC(=O)[C@@]23CCCC[C@H]2CNC3)cc1. The molecule has 0 unspecified atom stereocenters. The molecule has 1 aromatic carbocycles. The lowest BCUT2D eigenvalue weighted by atomic mass is 9.67. The van der Waals surface area contributed by atoms with Gasteiger partial charge in [0, 0.05) is 17.8 Å². The number of nitrogens with one attached hydrogen (secondary N) is 3. The predicted octanol–water partition coefficient (Wildman–Crippen LogP) is 0.620. The minimum atomic E-state index is -0.594. The van der Waals surface area contributed by atoms with E-state index in [-0.39, 0.29) is 23.8 Å². The predicted molar refractivity (Wildman–Crippen MR) is 93.9 cm³/mol. The van der Waals surface area contributed by atoms with E-state index in [9.17, 15) is 14.4 Å². The maximum atomic E-state index is 12.9. The van der Waals surface area contributed by atoms with Crippen LogP contribution in [-0.4, -0.2) is 37.4 Å². The molecule has 0 spiro atoms. The quantitative estimate of drug-likeness (QED) is 0.627. The first-order valence-corrected chi connectivity index (χ1v) is 8.70. The molecular formula is C18H24N4O3. The van der Waals surface area contributed by atoms with Crippen LogP contribution in [0, 0.1) is 11.3 Å². The van der Waals surface area contributed by atoms with Crippen molar-refractivity contribution in [3.63, 3.8) is 0 Å². The van der Waals surface area contributed by atoms with Crippen molar-refractivity contribution < 1.29 is 14.4 Å². The first-order valence-electron chi connectivity index (χ1n) is 8.70. The summed E-state index contributed by atoms with van der Waals surface area (Å²) in [6.07, 6.45) is 4.30. The summed E-state index contributed by atoms with van der Waals surface area (Å²) >= 11 is 0. The van der Waals surface area contributed by atoms with E-state index in [1.54, 1.807) is 24.3 Å². The van der Waals surface area contributed by atoms with E-state index >= 15 is 0 Å². The van der Waals surface area contributed by atoms with Gasteiger partial charge in [-0.3, -0.25) is 14.4 Å². The van der Waals surface area contributed by atoms with Gasteiger partial charge in [-0.25, -0.2) is 0 Å². The van der Waals surface area contributed by atoms with Crippen molar-refractivity contribution in [2.75, 3.05) is 25.0 Å². The first kappa shape index (κ1) is 17.4. The van der Waals surface area contributed by atoms with Crippen LogP contribution in [0.2, 0.25) is 0 Å². The van der Waals surface area contributed by atoms with Gasteiger partial charge in [0.2, 0.25) is 11.8 Å². The molecule has 134 valence electrons. The van der Waals surface area contributed by atoms with Crippen LogP contribution in [0.25, 0.3) is 0 Å². The van der Waals surface area contributed by atoms with Gasteiger partial charge in [0.15, 0.2) is 0 Å². The molecule has 3 amide bonds. The Labute approximate surface area is 146 Å². The Bertz CT molecular complexity index is 673. The van der Waals surface area contributed by atoms with E-state index in [0.717, 1.165) is 32.4 Å². The molecule has 7 heteroatoms. The van der Waals surface area contributed by atoms with Crippen molar-refractivity contribution >= 4 is 23.4 Å². The second-order valence-corrected chi connectivity index (χ2v) is 6.91. The Kier molecular flexibility index (Phi) is 5.03.